The van der Waals surface area contributed by atoms with Gasteiger partial charge in [-0.15, -0.1) is 10.2 Å². The Balaban J connectivity index is 1.44. The zero-order valence-corrected chi connectivity index (χ0v) is 15.7. The van der Waals surface area contributed by atoms with Crippen LogP contribution in [0.25, 0.3) is 0 Å². The lowest BCUT2D eigenvalue weighted by Gasteiger charge is -2.32. The van der Waals surface area contributed by atoms with Crippen molar-refractivity contribution in [2.75, 3.05) is 26.2 Å². The molecule has 1 saturated heterocycles. The van der Waals surface area contributed by atoms with Crippen molar-refractivity contribution in [1.29, 1.82) is 0 Å². The molecule has 2 aromatic rings. The third-order valence-corrected chi connectivity index (χ3v) is 5.04. The highest BCUT2D eigenvalue weighted by atomic mass is 16.5. The Kier molecular flexibility index (Phi) is 6.41. The number of amides is 1. The van der Waals surface area contributed by atoms with E-state index in [4.69, 9.17) is 10.5 Å². The molecular formula is C19H27N5O3. The van der Waals surface area contributed by atoms with Gasteiger partial charge in [0, 0.05) is 31.6 Å². The molecule has 1 aromatic heterocycles. The summed E-state index contributed by atoms with van der Waals surface area (Å²) in [6.07, 6.45) is 3.14. The van der Waals surface area contributed by atoms with Crippen molar-refractivity contribution in [2.24, 2.45) is 12.8 Å². The Hall–Kier alpha value is -2.45. The van der Waals surface area contributed by atoms with E-state index in [2.05, 4.69) is 15.1 Å². The first-order valence-electron chi connectivity index (χ1n) is 9.32. The number of primary amides is 1. The van der Waals surface area contributed by atoms with Gasteiger partial charge in [-0.05, 0) is 50.1 Å². The Labute approximate surface area is 158 Å². The topological polar surface area (TPSA) is 106 Å². The monoisotopic (exact) mass is 373 g/mol. The number of aromatic nitrogens is 3. The number of nitrogens with two attached hydrogens (primary N) is 1. The van der Waals surface area contributed by atoms with Crippen LogP contribution in [0.4, 0.5) is 0 Å². The summed E-state index contributed by atoms with van der Waals surface area (Å²) < 4.78 is 7.66. The van der Waals surface area contributed by atoms with E-state index in [1.807, 2.05) is 11.6 Å². The van der Waals surface area contributed by atoms with Crippen LogP contribution >= 0.6 is 0 Å². The lowest BCUT2D eigenvalue weighted by atomic mass is 9.97. The molecule has 8 nitrogen and oxygen atoms in total. The maximum absolute atomic E-state index is 11.1. The number of hydrogen-bond acceptors (Lipinski definition) is 6. The summed E-state index contributed by atoms with van der Waals surface area (Å²) in [5, 5.41) is 17.6. The van der Waals surface area contributed by atoms with Crippen molar-refractivity contribution in [1.82, 2.24) is 19.7 Å². The second kappa shape index (κ2) is 8.96. The zero-order chi connectivity index (χ0) is 19.2. The van der Waals surface area contributed by atoms with E-state index in [1.165, 1.54) is 0 Å². The summed E-state index contributed by atoms with van der Waals surface area (Å²) in [5.41, 5.74) is 5.71. The molecule has 3 rings (SSSR count). The van der Waals surface area contributed by atoms with E-state index < -0.39 is 5.91 Å². The van der Waals surface area contributed by atoms with Gasteiger partial charge in [-0.2, -0.15) is 0 Å². The van der Waals surface area contributed by atoms with Crippen LogP contribution in [0.15, 0.2) is 24.3 Å². The normalized spacial score (nSPS) is 17.8. The highest BCUT2D eigenvalue weighted by Crippen LogP contribution is 2.25. The average Bonchev–Trinajstić information content (AvgIpc) is 3.06. The molecule has 1 aliphatic heterocycles. The molecule has 1 atom stereocenters. The van der Waals surface area contributed by atoms with Crippen molar-refractivity contribution in [3.63, 3.8) is 0 Å². The fraction of sp³-hybridized carbons (Fsp3) is 0.526. The van der Waals surface area contributed by atoms with Crippen LogP contribution in [-0.2, 0) is 13.7 Å². The van der Waals surface area contributed by atoms with Gasteiger partial charge < -0.3 is 25.0 Å². The number of nitrogens with zero attached hydrogens (tertiary/aromatic N) is 4. The Bertz CT molecular complexity index is 759. The largest absolute Gasteiger partial charge is 0.494 e. The average molecular weight is 373 g/mol. The first kappa shape index (κ1) is 19.3. The molecule has 146 valence electrons. The summed E-state index contributed by atoms with van der Waals surface area (Å²) in [7, 11) is 1.91. The van der Waals surface area contributed by atoms with Crippen molar-refractivity contribution < 1.29 is 14.6 Å². The lowest BCUT2D eigenvalue weighted by Crippen LogP contribution is -2.36. The second-order valence-electron chi connectivity index (χ2n) is 6.92. The number of piperidine rings is 1. The number of hydrogen-bond donors (Lipinski definition) is 2. The van der Waals surface area contributed by atoms with Gasteiger partial charge in [0.1, 0.15) is 18.2 Å². The van der Waals surface area contributed by atoms with Gasteiger partial charge in [0.2, 0.25) is 5.91 Å². The number of carbonyl (C=O) groups excluding carboxylic acids is 1. The van der Waals surface area contributed by atoms with Crippen LogP contribution in [0.2, 0.25) is 0 Å². The maximum atomic E-state index is 11.1. The summed E-state index contributed by atoms with van der Waals surface area (Å²) >= 11 is 0. The minimum absolute atomic E-state index is 0.0856. The van der Waals surface area contributed by atoms with Gasteiger partial charge >= 0.3 is 0 Å². The second-order valence-corrected chi connectivity index (χ2v) is 6.92. The molecule has 27 heavy (non-hydrogen) atoms. The molecule has 0 saturated carbocycles. The van der Waals surface area contributed by atoms with E-state index in [-0.39, 0.29) is 6.61 Å². The van der Waals surface area contributed by atoms with E-state index >= 15 is 0 Å². The quantitative estimate of drug-likeness (QED) is 0.670. The number of rotatable bonds is 8. The van der Waals surface area contributed by atoms with E-state index in [0.717, 1.165) is 50.5 Å². The fourth-order valence-corrected chi connectivity index (χ4v) is 3.53. The third kappa shape index (κ3) is 4.84. The first-order valence-corrected chi connectivity index (χ1v) is 9.32. The minimum atomic E-state index is -0.435. The number of ether oxygens (including phenoxy) is 1. The molecule has 1 fully saturated rings. The molecule has 3 N–H and O–H groups in total. The van der Waals surface area contributed by atoms with Crippen molar-refractivity contribution in [3.05, 3.63) is 41.5 Å². The molecule has 0 aliphatic carbocycles. The molecule has 1 aliphatic rings. The van der Waals surface area contributed by atoms with Crippen LogP contribution in [-0.4, -0.2) is 56.9 Å². The maximum Gasteiger partial charge on any atom is 0.248 e. The molecule has 2 heterocycles. The van der Waals surface area contributed by atoms with Gasteiger partial charge in [0.15, 0.2) is 5.82 Å². The zero-order valence-electron chi connectivity index (χ0n) is 15.7. The predicted octanol–water partition coefficient (Wildman–Crippen LogP) is 1.05. The van der Waals surface area contributed by atoms with E-state index in [0.29, 0.717) is 23.9 Å². The molecular weight excluding hydrogens is 346 g/mol. The summed E-state index contributed by atoms with van der Waals surface area (Å²) in [5.74, 6) is 2.22. The number of carbonyl (C=O) groups is 1. The van der Waals surface area contributed by atoms with Gasteiger partial charge in [0.05, 0.1) is 6.61 Å². The molecule has 1 aromatic carbocycles. The highest BCUT2D eigenvalue weighted by Gasteiger charge is 2.25. The Morgan fingerprint density at radius 3 is 2.78 bits per heavy atom. The highest BCUT2D eigenvalue weighted by molar-refractivity contribution is 5.92. The molecule has 0 bridgehead atoms. The Morgan fingerprint density at radius 1 is 1.33 bits per heavy atom. The van der Waals surface area contributed by atoms with Crippen LogP contribution < -0.4 is 10.5 Å². The SMILES string of the molecule is Cn1c(CO)nnc1C1CCCN(CCCOc2ccc(C(N)=O)cc2)C1. The summed E-state index contributed by atoms with van der Waals surface area (Å²) in [6.45, 7) is 3.52. The molecule has 1 amide bonds. The first-order chi connectivity index (χ1) is 13.1. The minimum Gasteiger partial charge on any atom is -0.494 e. The van der Waals surface area contributed by atoms with E-state index in [1.54, 1.807) is 24.3 Å². The molecule has 1 unspecified atom stereocenters. The van der Waals surface area contributed by atoms with Crippen LogP contribution in [0.1, 0.15) is 47.2 Å². The molecule has 8 heteroatoms. The third-order valence-electron chi connectivity index (χ3n) is 5.04. The van der Waals surface area contributed by atoms with Crippen LogP contribution in [0.3, 0.4) is 0 Å². The lowest BCUT2D eigenvalue weighted by molar-refractivity contribution is 0.1000. The van der Waals surface area contributed by atoms with Crippen LogP contribution in [0, 0.1) is 0 Å². The fourth-order valence-electron chi connectivity index (χ4n) is 3.53. The standard InChI is InChI=1S/C19H27N5O3/c1-23-17(13-25)21-22-19(23)15-4-2-9-24(12-15)10-3-11-27-16-7-5-14(6-8-16)18(20)26/h5-8,15,25H,2-4,9-13H2,1H3,(H2,20,26). The number of likely N-dealkylation sites (tertiary alicyclic amines) is 1. The smallest absolute Gasteiger partial charge is 0.248 e. The molecule has 0 spiro atoms. The van der Waals surface area contributed by atoms with Gasteiger partial charge in [-0.1, -0.05) is 0 Å². The van der Waals surface area contributed by atoms with Gasteiger partial charge in [-0.25, -0.2) is 0 Å². The van der Waals surface area contributed by atoms with Crippen molar-refractivity contribution >= 4 is 5.91 Å². The number of aliphatic hydroxyl groups is 1. The van der Waals surface area contributed by atoms with Gasteiger partial charge in [-0.3, -0.25) is 4.79 Å². The Morgan fingerprint density at radius 2 is 2.11 bits per heavy atom. The van der Waals surface area contributed by atoms with Crippen LogP contribution in [0.5, 0.6) is 5.75 Å². The number of aliphatic hydroxyl groups excluding tert-OH is 1. The van der Waals surface area contributed by atoms with Crippen molar-refractivity contribution in [2.45, 2.75) is 31.8 Å². The number of benzene rings is 1. The van der Waals surface area contributed by atoms with E-state index in [9.17, 15) is 9.90 Å². The van der Waals surface area contributed by atoms with Crippen molar-refractivity contribution in [3.8, 4) is 5.75 Å². The molecule has 0 radical (unpaired) electrons. The summed E-state index contributed by atoms with van der Waals surface area (Å²) in [6, 6.07) is 6.89. The predicted molar refractivity (Wildman–Crippen MR) is 100 cm³/mol. The summed E-state index contributed by atoms with van der Waals surface area (Å²) in [4.78, 5) is 13.5. The van der Waals surface area contributed by atoms with Gasteiger partial charge in [0.25, 0.3) is 0 Å².